The smallest absolute Gasteiger partial charge is 0.321 e. The molecule has 1 unspecified atom stereocenters. The number of para-hydroxylation sites is 2. The first-order valence-corrected chi connectivity index (χ1v) is 24.4. The summed E-state index contributed by atoms with van der Waals surface area (Å²) in [6, 6.07) is 34.4. The maximum absolute atomic E-state index is 14.6. The lowest BCUT2D eigenvalue weighted by Crippen LogP contribution is -2.52. The molecule has 0 fully saturated rings. The van der Waals surface area contributed by atoms with Crippen molar-refractivity contribution in [3.63, 3.8) is 0 Å². The highest BCUT2D eigenvalue weighted by Gasteiger charge is 2.39. The SMILES string of the molecule is CNc1cc(COC(C)(C)C(=O)CN2C(=O)[C@H](NC(=O)Nc3cccc(NC)c3)N=C(c3ccccn3)c3ccccc32)cc(NC(=O)NCC2N=C(c3ccccn3)c3ccccc3N(CC(=O)[C@@H](C)OC)C2=O)c1. The molecule has 8 rings (SSSR count). The van der Waals surface area contributed by atoms with Crippen molar-refractivity contribution in [2.45, 2.75) is 51.3 Å². The number of methoxy groups -OCH3 is 1. The van der Waals surface area contributed by atoms with Gasteiger partial charge in [-0.15, -0.1) is 0 Å². The highest BCUT2D eigenvalue weighted by molar-refractivity contribution is 6.21. The van der Waals surface area contributed by atoms with Crippen LogP contribution >= 0.6 is 0 Å². The van der Waals surface area contributed by atoms with E-state index in [1.807, 2.05) is 6.07 Å². The topological polar surface area (TPSA) is 250 Å². The third-order valence-electron chi connectivity index (χ3n) is 12.7. The van der Waals surface area contributed by atoms with E-state index in [0.29, 0.717) is 67.9 Å². The number of carbonyl (C=O) groups is 6. The molecular weight excluding hydrogens is 969 g/mol. The van der Waals surface area contributed by atoms with Crippen molar-refractivity contribution in [3.05, 3.63) is 168 Å². The summed E-state index contributed by atoms with van der Waals surface area (Å²) in [5, 5.41) is 17.2. The van der Waals surface area contributed by atoms with Gasteiger partial charge in [-0.3, -0.25) is 34.1 Å². The Balaban J connectivity index is 0.975. The summed E-state index contributed by atoms with van der Waals surface area (Å²) in [5.41, 5.74) is 4.94. The van der Waals surface area contributed by atoms with Gasteiger partial charge in [-0.1, -0.05) is 54.6 Å². The number of hydrogen-bond acceptors (Lipinski definition) is 14. The molecule has 3 atom stereocenters. The molecule has 0 aliphatic carbocycles. The molecule has 2 aliphatic rings. The third-order valence-corrected chi connectivity index (χ3v) is 12.7. The summed E-state index contributed by atoms with van der Waals surface area (Å²) in [5.74, 6) is -1.97. The second kappa shape index (κ2) is 23.8. The van der Waals surface area contributed by atoms with E-state index in [-0.39, 0.29) is 25.5 Å². The molecule has 0 spiro atoms. The number of amides is 6. The normalized spacial score (nSPS) is 15.6. The lowest BCUT2D eigenvalue weighted by atomic mass is 10.0. The standard InChI is InChI=1S/C56H58N12O8/c1-34(75-6)47(69)31-67-45-22-9-7-18-40(45)49(42-20-11-13-24-59-42)64-44(52(67)71)30-61-54(73)63-39-27-35(26-38(29-39)58-5)33-76-56(2,3)48(70)32-68-46-23-10-8-19-41(46)50(43-21-12-14-25-60-43)65-51(53(68)72)66-55(74)62-37-17-15-16-36(28-37)57-4/h7-29,34,44,51,57-58H,30-33H2,1-6H3,(H2,61,63,73)(H2,62,66,74)/t34-,44?,51+/m1/s1. The van der Waals surface area contributed by atoms with Crippen molar-refractivity contribution >= 4 is 81.0 Å². The predicted octanol–water partition coefficient (Wildman–Crippen LogP) is 6.43. The number of ether oxygens (including phenoxy) is 2. The van der Waals surface area contributed by atoms with E-state index in [1.54, 1.807) is 169 Å². The summed E-state index contributed by atoms with van der Waals surface area (Å²) >= 11 is 0. The van der Waals surface area contributed by atoms with Gasteiger partial charge >= 0.3 is 12.1 Å². The van der Waals surface area contributed by atoms with Gasteiger partial charge in [0, 0.05) is 67.5 Å². The Kier molecular flexibility index (Phi) is 16.7. The zero-order valence-electron chi connectivity index (χ0n) is 42.8. The van der Waals surface area contributed by atoms with Crippen LogP contribution in [-0.4, -0.2) is 122 Å². The number of ketones is 2. The van der Waals surface area contributed by atoms with Crippen LogP contribution in [0, 0.1) is 0 Å². The molecular formula is C56H58N12O8. The van der Waals surface area contributed by atoms with E-state index >= 15 is 0 Å². The van der Waals surface area contributed by atoms with E-state index in [0.717, 1.165) is 5.69 Å². The van der Waals surface area contributed by atoms with Crippen molar-refractivity contribution in [1.29, 1.82) is 0 Å². The van der Waals surface area contributed by atoms with Crippen LogP contribution in [0.3, 0.4) is 0 Å². The summed E-state index contributed by atoms with van der Waals surface area (Å²) in [6.07, 6.45) is 0.962. The monoisotopic (exact) mass is 1030 g/mol. The molecule has 2 aliphatic heterocycles. The first-order chi connectivity index (χ1) is 36.7. The number of Topliss-reactive ketones (excluding diaryl/α,β-unsaturated/α-hetero) is 2. The molecule has 2 aromatic heterocycles. The largest absolute Gasteiger partial charge is 0.388 e. The molecule has 6 aromatic rings. The van der Waals surface area contributed by atoms with Crippen molar-refractivity contribution in [3.8, 4) is 0 Å². The van der Waals surface area contributed by atoms with Crippen LogP contribution in [0.15, 0.2) is 150 Å². The number of hydrogen-bond donors (Lipinski definition) is 6. The van der Waals surface area contributed by atoms with Gasteiger partial charge in [0.1, 0.15) is 17.7 Å². The maximum Gasteiger partial charge on any atom is 0.321 e. The summed E-state index contributed by atoms with van der Waals surface area (Å²) in [4.78, 5) is 105. The number of carbonyl (C=O) groups excluding carboxylic acids is 6. The van der Waals surface area contributed by atoms with Crippen molar-refractivity contribution < 1.29 is 38.2 Å². The summed E-state index contributed by atoms with van der Waals surface area (Å²) in [6.45, 7) is 3.72. The highest BCUT2D eigenvalue weighted by Crippen LogP contribution is 2.31. The number of benzodiazepines with no additional fused rings is 2. The second-order valence-corrected chi connectivity index (χ2v) is 18.2. The minimum Gasteiger partial charge on any atom is -0.388 e. The average molecular weight is 1030 g/mol. The van der Waals surface area contributed by atoms with Gasteiger partial charge in [-0.2, -0.15) is 0 Å². The first-order valence-electron chi connectivity index (χ1n) is 24.4. The number of aliphatic imine (C=N–C) groups is 2. The minimum atomic E-state index is -1.48. The number of urea groups is 2. The van der Waals surface area contributed by atoms with Crippen LogP contribution in [0.4, 0.5) is 43.7 Å². The summed E-state index contributed by atoms with van der Waals surface area (Å²) < 4.78 is 11.6. The summed E-state index contributed by atoms with van der Waals surface area (Å²) in [7, 11) is 4.88. The Morgan fingerprint density at radius 3 is 1.83 bits per heavy atom. The Hall–Kier alpha value is -9.14. The van der Waals surface area contributed by atoms with Crippen LogP contribution in [0.5, 0.6) is 0 Å². The molecule has 76 heavy (non-hydrogen) atoms. The third kappa shape index (κ3) is 12.4. The van der Waals surface area contributed by atoms with Crippen molar-refractivity contribution in [2.75, 3.05) is 71.9 Å². The Morgan fingerprint density at radius 1 is 0.645 bits per heavy atom. The van der Waals surface area contributed by atoms with Crippen LogP contribution in [0.1, 0.15) is 48.8 Å². The lowest BCUT2D eigenvalue weighted by molar-refractivity contribution is -0.141. The number of aromatic nitrogens is 2. The fourth-order valence-electron chi connectivity index (χ4n) is 8.38. The van der Waals surface area contributed by atoms with Crippen molar-refractivity contribution in [1.82, 2.24) is 20.6 Å². The molecule has 4 heterocycles. The minimum absolute atomic E-state index is 0.0977. The number of benzene rings is 4. The fourth-order valence-corrected chi connectivity index (χ4v) is 8.38. The van der Waals surface area contributed by atoms with E-state index < -0.39 is 60.1 Å². The van der Waals surface area contributed by atoms with Gasteiger partial charge in [0.2, 0.25) is 6.17 Å². The molecule has 6 N–H and O–H groups in total. The number of fused-ring (bicyclic) bond motifs is 2. The fraction of sp³-hybridized carbons (Fsp3) is 0.250. The van der Waals surface area contributed by atoms with Gasteiger partial charge in [0.05, 0.1) is 60.4 Å². The van der Waals surface area contributed by atoms with Gasteiger partial charge in [0.15, 0.2) is 11.6 Å². The van der Waals surface area contributed by atoms with Gasteiger partial charge < -0.3 is 51.2 Å². The molecule has 4 aromatic carbocycles. The maximum atomic E-state index is 14.6. The molecule has 0 saturated carbocycles. The van der Waals surface area contributed by atoms with Crippen LogP contribution in [0.25, 0.3) is 0 Å². The van der Waals surface area contributed by atoms with E-state index in [4.69, 9.17) is 19.5 Å². The van der Waals surface area contributed by atoms with Gasteiger partial charge in [-0.25, -0.2) is 14.6 Å². The Morgan fingerprint density at radius 2 is 1.21 bits per heavy atom. The molecule has 0 bridgehead atoms. The number of nitrogens with one attached hydrogen (secondary N) is 6. The predicted molar refractivity (Wildman–Crippen MR) is 291 cm³/mol. The Bertz CT molecular complexity index is 3200. The van der Waals surface area contributed by atoms with E-state index in [1.165, 1.54) is 16.9 Å². The van der Waals surface area contributed by atoms with Gasteiger partial charge in [-0.05, 0) is 99.1 Å². The Labute approximate surface area is 439 Å². The first kappa shape index (κ1) is 53.2. The number of rotatable bonds is 19. The zero-order chi connectivity index (χ0) is 53.9. The highest BCUT2D eigenvalue weighted by atomic mass is 16.5. The van der Waals surface area contributed by atoms with Crippen LogP contribution < -0.4 is 41.7 Å². The number of pyridine rings is 2. The van der Waals surface area contributed by atoms with Crippen LogP contribution in [-0.2, 0) is 35.3 Å². The van der Waals surface area contributed by atoms with E-state index in [9.17, 15) is 28.8 Å². The van der Waals surface area contributed by atoms with E-state index in [2.05, 4.69) is 41.9 Å². The number of nitrogens with zero attached hydrogens (tertiary/aromatic N) is 6. The van der Waals surface area contributed by atoms with Gasteiger partial charge in [0.25, 0.3) is 11.8 Å². The quantitative estimate of drug-likeness (QED) is 0.0514. The number of anilines is 6. The van der Waals surface area contributed by atoms with Crippen molar-refractivity contribution in [2.24, 2.45) is 9.98 Å². The molecule has 0 radical (unpaired) electrons. The average Bonchev–Trinajstić information content (AvgIpc) is 3.66. The molecule has 20 nitrogen and oxygen atoms in total. The second-order valence-electron chi connectivity index (χ2n) is 18.2. The van der Waals surface area contributed by atoms with Crippen LogP contribution in [0.2, 0.25) is 0 Å². The zero-order valence-corrected chi connectivity index (χ0v) is 42.8. The lowest BCUT2D eigenvalue weighted by Gasteiger charge is -2.30. The molecule has 6 amide bonds. The molecule has 0 saturated heterocycles. The molecule has 390 valence electrons. The molecule has 20 heteroatoms.